The minimum absolute atomic E-state index is 0.135. The maximum atomic E-state index is 12.1. The van der Waals surface area contributed by atoms with E-state index in [1.54, 1.807) is 7.11 Å². The summed E-state index contributed by atoms with van der Waals surface area (Å²) in [6.45, 7) is -0.482. The third-order valence-electron chi connectivity index (χ3n) is 6.24. The third kappa shape index (κ3) is 5.99. The van der Waals surface area contributed by atoms with Crippen molar-refractivity contribution >= 4 is 60.2 Å². The van der Waals surface area contributed by atoms with Gasteiger partial charge < -0.3 is 39.7 Å². The molecule has 3 unspecified atom stereocenters. The number of hydrogen-bond donors (Lipinski definition) is 7. The van der Waals surface area contributed by atoms with Crippen LogP contribution in [-0.2, 0) is 13.9 Å². The average Bonchev–Trinajstić information content (AvgIpc) is 3.41. The summed E-state index contributed by atoms with van der Waals surface area (Å²) in [5.74, 6) is -0.303. The van der Waals surface area contributed by atoms with Gasteiger partial charge in [-0.25, -0.2) is 10.1 Å². The topological polar surface area (TPSA) is 221 Å². The lowest BCUT2D eigenvalue weighted by Gasteiger charge is -2.19. The molecule has 0 spiro atoms. The van der Waals surface area contributed by atoms with E-state index in [2.05, 4.69) is 25.4 Å². The predicted octanol–water partition coefficient (Wildman–Crippen LogP) is 1.91. The van der Waals surface area contributed by atoms with Crippen LogP contribution in [0.25, 0.3) is 21.9 Å². The van der Waals surface area contributed by atoms with E-state index in [4.69, 9.17) is 30.9 Å². The molecule has 0 bridgehead atoms. The van der Waals surface area contributed by atoms with Crippen molar-refractivity contribution in [3.63, 3.8) is 0 Å². The third-order valence-corrected chi connectivity index (χ3v) is 10.1. The molecule has 5 atom stereocenters. The number of anilines is 2. The Bertz CT molecular complexity index is 1670. The van der Waals surface area contributed by atoms with E-state index in [9.17, 15) is 24.2 Å². The number of ether oxygens (including phenoxy) is 2. The van der Waals surface area contributed by atoms with Gasteiger partial charge in [-0.15, -0.1) is 0 Å². The maximum absolute atomic E-state index is 12.1. The Morgan fingerprint density at radius 1 is 1.12 bits per heavy atom. The number of rotatable bonds is 9. The second-order valence-corrected chi connectivity index (χ2v) is 13.6. The summed E-state index contributed by atoms with van der Waals surface area (Å²) in [6, 6.07) is 11.3. The Morgan fingerprint density at radius 2 is 1.90 bits per heavy atom. The molecule has 3 heterocycles. The lowest BCUT2D eigenvalue weighted by molar-refractivity contribution is -0.0331. The van der Waals surface area contributed by atoms with Crippen molar-refractivity contribution in [1.29, 1.82) is 0 Å². The van der Waals surface area contributed by atoms with Crippen LogP contribution in [0.3, 0.4) is 0 Å². The smallest absolute Gasteiger partial charge is 0.336 e. The first-order valence-electron chi connectivity index (χ1n) is 11.7. The fourth-order valence-electron chi connectivity index (χ4n) is 4.47. The molecule has 0 aliphatic carbocycles. The van der Waals surface area contributed by atoms with Crippen molar-refractivity contribution in [2.24, 2.45) is 0 Å². The Morgan fingerprint density at radius 3 is 2.62 bits per heavy atom. The lowest BCUT2D eigenvalue weighted by Crippen LogP contribution is -2.37. The molecule has 15 nitrogen and oxygen atoms in total. The molecule has 1 aliphatic heterocycles. The zero-order valence-corrected chi connectivity index (χ0v) is 23.2. The summed E-state index contributed by atoms with van der Waals surface area (Å²) in [5.41, 5.74) is 1.13. The number of aliphatic hydroxyl groups excluding tert-OH is 2. The lowest BCUT2D eigenvalue weighted by atomic mass is 10.1. The van der Waals surface area contributed by atoms with Crippen LogP contribution in [0.1, 0.15) is 6.23 Å². The van der Waals surface area contributed by atoms with Gasteiger partial charge >= 0.3 is 7.60 Å². The second-order valence-electron chi connectivity index (χ2n) is 9.10. The van der Waals surface area contributed by atoms with Gasteiger partial charge in [0.15, 0.2) is 23.2 Å². The van der Waals surface area contributed by atoms with Crippen molar-refractivity contribution in [2.45, 2.75) is 24.5 Å². The molecule has 2 aromatic carbocycles. The maximum Gasteiger partial charge on any atom is 0.336 e. The van der Waals surface area contributed by atoms with Gasteiger partial charge in [0.2, 0.25) is 5.28 Å². The van der Waals surface area contributed by atoms with E-state index >= 15 is 0 Å². The standard InChI is InChI=1S/C22H25ClN6O9P2/c1-37-14-4-2-3-11-7-12(5-6-13(11)14)26-19-16-20(28-22(23)27-19)29(9-24-16)21-18(31)17(30)15(38-21)8-25-39(32,33)10-40(34,35)36/h2-7,9,15,17-18,21,30-31H,8,10H2,1H3,(H2,25,32,33)(H,26,27,28)(H2,34,35,36)/t15-,17?,18?,21-/m1/s1. The van der Waals surface area contributed by atoms with Crippen LogP contribution >= 0.6 is 26.7 Å². The zero-order chi connectivity index (χ0) is 28.8. The molecule has 0 saturated carbocycles. The summed E-state index contributed by atoms with van der Waals surface area (Å²) in [7, 11) is -7.65. The molecular weight excluding hydrogens is 590 g/mol. The van der Waals surface area contributed by atoms with Crippen molar-refractivity contribution < 1.29 is 43.5 Å². The first-order chi connectivity index (χ1) is 18.8. The fraction of sp³-hybridized carbons (Fsp3) is 0.318. The minimum Gasteiger partial charge on any atom is -0.496 e. The molecule has 0 radical (unpaired) electrons. The van der Waals surface area contributed by atoms with E-state index in [0.717, 1.165) is 16.5 Å². The molecule has 7 N–H and O–H groups in total. The monoisotopic (exact) mass is 614 g/mol. The van der Waals surface area contributed by atoms with Gasteiger partial charge in [-0.1, -0.05) is 12.1 Å². The number of imidazole rings is 1. The number of hydrogen-bond acceptors (Lipinski definition) is 10. The first-order valence-corrected chi connectivity index (χ1v) is 15.7. The minimum atomic E-state index is -4.79. The van der Waals surface area contributed by atoms with Crippen LogP contribution in [0.4, 0.5) is 11.5 Å². The summed E-state index contributed by atoms with van der Waals surface area (Å²) < 4.78 is 35.7. The molecule has 5 rings (SSSR count). The van der Waals surface area contributed by atoms with Crippen LogP contribution in [-0.4, -0.2) is 82.3 Å². The quantitative estimate of drug-likeness (QED) is 0.106. The van der Waals surface area contributed by atoms with E-state index in [1.807, 2.05) is 36.4 Å². The second kappa shape index (κ2) is 11.0. The highest BCUT2D eigenvalue weighted by molar-refractivity contribution is 7.71. The number of nitrogens with one attached hydrogen (secondary N) is 2. The summed E-state index contributed by atoms with van der Waals surface area (Å²) in [5, 5.41) is 28.2. The van der Waals surface area contributed by atoms with Crippen molar-refractivity contribution in [2.75, 3.05) is 24.9 Å². The molecule has 1 aliphatic rings. The summed E-state index contributed by atoms with van der Waals surface area (Å²) >= 11 is 6.20. The fourth-order valence-corrected chi connectivity index (χ4v) is 7.50. The molecule has 1 saturated heterocycles. The van der Waals surface area contributed by atoms with E-state index in [-0.39, 0.29) is 22.3 Å². The molecule has 4 aromatic rings. The van der Waals surface area contributed by atoms with Crippen LogP contribution in [0.2, 0.25) is 5.28 Å². The van der Waals surface area contributed by atoms with Gasteiger partial charge in [0.25, 0.3) is 7.52 Å². The predicted molar refractivity (Wildman–Crippen MR) is 145 cm³/mol. The SMILES string of the molecule is COc1cccc2cc(Nc3nc(Cl)nc4c3ncn4[C@@H]3O[C@H](CNP(=O)(O)CP(=O)(O)O)C(O)C3O)ccc12. The highest BCUT2D eigenvalue weighted by Gasteiger charge is 2.45. The van der Waals surface area contributed by atoms with Gasteiger partial charge in [-0.05, 0) is 41.3 Å². The highest BCUT2D eigenvalue weighted by atomic mass is 35.5. The van der Waals surface area contributed by atoms with Crippen LogP contribution < -0.4 is 15.1 Å². The summed E-state index contributed by atoms with van der Waals surface area (Å²) in [6.07, 6.45) is -4.15. The number of benzene rings is 2. The number of aromatic nitrogens is 4. The Balaban J connectivity index is 1.39. The van der Waals surface area contributed by atoms with Gasteiger partial charge in [-0.2, -0.15) is 9.97 Å². The normalized spacial score (nSPS) is 23.0. The van der Waals surface area contributed by atoms with Crippen LogP contribution in [0.15, 0.2) is 42.7 Å². The number of aliphatic hydroxyl groups is 2. The van der Waals surface area contributed by atoms with E-state index in [1.165, 1.54) is 10.9 Å². The largest absolute Gasteiger partial charge is 0.496 e. The highest BCUT2D eigenvalue weighted by Crippen LogP contribution is 2.52. The van der Waals surface area contributed by atoms with Crippen LogP contribution in [0.5, 0.6) is 5.75 Å². The average molecular weight is 615 g/mol. The van der Waals surface area contributed by atoms with Gasteiger partial charge in [0, 0.05) is 17.6 Å². The molecule has 214 valence electrons. The zero-order valence-electron chi connectivity index (χ0n) is 20.7. The van der Waals surface area contributed by atoms with Gasteiger partial charge in [0.1, 0.15) is 30.0 Å². The number of halogens is 1. The van der Waals surface area contributed by atoms with E-state index in [0.29, 0.717) is 5.69 Å². The Hall–Kier alpha value is -2.68. The Kier molecular flexibility index (Phi) is 7.89. The van der Waals surface area contributed by atoms with E-state index < -0.39 is 52.1 Å². The number of nitrogens with zero attached hydrogens (tertiary/aromatic N) is 4. The molecule has 2 aromatic heterocycles. The van der Waals surface area contributed by atoms with Gasteiger partial charge in [-0.3, -0.25) is 13.7 Å². The molecule has 18 heteroatoms. The van der Waals surface area contributed by atoms with Crippen LogP contribution in [0, 0.1) is 0 Å². The molecule has 40 heavy (non-hydrogen) atoms. The summed E-state index contributed by atoms with van der Waals surface area (Å²) in [4.78, 5) is 40.6. The molecule has 0 amide bonds. The number of fused-ring (bicyclic) bond motifs is 2. The van der Waals surface area contributed by atoms with Gasteiger partial charge in [0.05, 0.1) is 13.4 Å². The van der Waals surface area contributed by atoms with Crippen molar-refractivity contribution in [3.05, 3.63) is 48.0 Å². The van der Waals surface area contributed by atoms with Crippen molar-refractivity contribution in [3.8, 4) is 5.75 Å². The Labute approximate surface area is 231 Å². The molecular formula is C22H25ClN6O9P2. The number of methoxy groups -OCH3 is 1. The first kappa shape index (κ1) is 28.8. The molecule has 1 fully saturated rings. The van der Waals surface area contributed by atoms with Crippen molar-refractivity contribution in [1.82, 2.24) is 24.6 Å².